The van der Waals surface area contributed by atoms with Gasteiger partial charge in [0.15, 0.2) is 5.82 Å². The van der Waals surface area contributed by atoms with Crippen LogP contribution in [0.25, 0.3) is 11.4 Å². The fraction of sp³-hybridized carbons (Fsp3) is 0.357. The lowest BCUT2D eigenvalue weighted by Crippen LogP contribution is -2.02. The summed E-state index contributed by atoms with van der Waals surface area (Å²) in [7, 11) is 2.93. The molecule has 1 aliphatic carbocycles. The van der Waals surface area contributed by atoms with Gasteiger partial charge in [0.05, 0.1) is 31.4 Å². The fourth-order valence-electron chi connectivity index (χ4n) is 2.04. The van der Waals surface area contributed by atoms with Crippen LogP contribution in [0.5, 0.6) is 5.75 Å². The van der Waals surface area contributed by atoms with Gasteiger partial charge in [-0.05, 0) is 31.0 Å². The van der Waals surface area contributed by atoms with Crippen LogP contribution in [0.1, 0.15) is 29.2 Å². The maximum atomic E-state index is 11.6. The molecule has 2 aromatic rings. The van der Waals surface area contributed by atoms with Crippen LogP contribution >= 0.6 is 0 Å². The molecule has 0 atom stereocenters. The molecule has 0 N–H and O–H groups in total. The maximum Gasteiger partial charge on any atom is 0.337 e. The van der Waals surface area contributed by atoms with Crippen molar-refractivity contribution >= 4 is 5.97 Å². The Kier molecular flexibility index (Phi) is 3.14. The highest BCUT2D eigenvalue weighted by atomic mass is 16.5. The lowest BCUT2D eigenvalue weighted by molar-refractivity contribution is 0.0601. The summed E-state index contributed by atoms with van der Waals surface area (Å²) >= 11 is 0. The van der Waals surface area contributed by atoms with E-state index in [1.807, 2.05) is 4.68 Å². The average Bonchev–Trinajstić information content (AvgIpc) is 3.23. The summed E-state index contributed by atoms with van der Waals surface area (Å²) in [5, 5.41) is 4.45. The van der Waals surface area contributed by atoms with Gasteiger partial charge in [-0.25, -0.2) is 14.5 Å². The molecule has 1 fully saturated rings. The molecule has 104 valence electrons. The number of carbonyl (C=O) groups is 1. The molecule has 0 aliphatic heterocycles. The molecule has 0 bridgehead atoms. The van der Waals surface area contributed by atoms with Gasteiger partial charge in [0, 0.05) is 0 Å². The van der Waals surface area contributed by atoms with Crippen molar-refractivity contribution in [3.05, 3.63) is 30.1 Å². The Morgan fingerprint density at radius 3 is 2.80 bits per heavy atom. The van der Waals surface area contributed by atoms with Crippen molar-refractivity contribution in [1.82, 2.24) is 14.8 Å². The standard InChI is InChI=1S/C14H15N3O3/c1-19-12-6-3-9(14(18)20-2)7-11(12)13-15-8-17(16-13)10-4-5-10/h3,6-8,10H,4-5H2,1-2H3. The number of ether oxygens (including phenoxy) is 2. The number of rotatable bonds is 4. The zero-order chi connectivity index (χ0) is 14.1. The highest BCUT2D eigenvalue weighted by molar-refractivity contribution is 5.91. The van der Waals surface area contributed by atoms with Crippen molar-refractivity contribution in [3.63, 3.8) is 0 Å². The predicted molar refractivity (Wildman–Crippen MR) is 71.6 cm³/mol. The van der Waals surface area contributed by atoms with Gasteiger partial charge >= 0.3 is 5.97 Å². The van der Waals surface area contributed by atoms with E-state index in [1.54, 1.807) is 31.6 Å². The molecule has 3 rings (SSSR count). The molecule has 1 saturated carbocycles. The third-order valence-electron chi connectivity index (χ3n) is 3.29. The van der Waals surface area contributed by atoms with Crippen molar-refractivity contribution in [2.24, 2.45) is 0 Å². The molecule has 0 saturated heterocycles. The minimum absolute atomic E-state index is 0.393. The molecule has 1 heterocycles. The van der Waals surface area contributed by atoms with Crippen LogP contribution in [0, 0.1) is 0 Å². The van der Waals surface area contributed by atoms with Gasteiger partial charge < -0.3 is 9.47 Å². The Balaban J connectivity index is 2.02. The first-order valence-corrected chi connectivity index (χ1v) is 6.41. The van der Waals surface area contributed by atoms with Crippen LogP contribution in [-0.4, -0.2) is 35.0 Å². The molecule has 0 amide bonds. The second kappa shape index (κ2) is 4.96. The third-order valence-corrected chi connectivity index (χ3v) is 3.29. The number of hydrogen-bond acceptors (Lipinski definition) is 5. The first kappa shape index (κ1) is 12.7. The van der Waals surface area contributed by atoms with Gasteiger partial charge in [0.2, 0.25) is 0 Å². The topological polar surface area (TPSA) is 66.2 Å². The summed E-state index contributed by atoms with van der Waals surface area (Å²) in [5.41, 5.74) is 1.14. The van der Waals surface area contributed by atoms with Crippen LogP contribution in [0.4, 0.5) is 0 Å². The summed E-state index contributed by atoms with van der Waals surface area (Å²) in [6.45, 7) is 0. The molecule has 0 unspecified atom stereocenters. The number of benzene rings is 1. The number of aromatic nitrogens is 3. The van der Waals surface area contributed by atoms with E-state index >= 15 is 0 Å². The van der Waals surface area contributed by atoms with E-state index in [0.29, 0.717) is 28.7 Å². The normalized spacial score (nSPS) is 14.1. The van der Waals surface area contributed by atoms with Gasteiger partial charge in [0.1, 0.15) is 12.1 Å². The van der Waals surface area contributed by atoms with Crippen molar-refractivity contribution in [1.29, 1.82) is 0 Å². The Hall–Kier alpha value is -2.37. The van der Waals surface area contributed by atoms with Crippen LogP contribution in [0.15, 0.2) is 24.5 Å². The smallest absolute Gasteiger partial charge is 0.337 e. The lowest BCUT2D eigenvalue weighted by atomic mass is 10.1. The van der Waals surface area contributed by atoms with E-state index < -0.39 is 5.97 Å². The number of hydrogen-bond donors (Lipinski definition) is 0. The fourth-order valence-corrected chi connectivity index (χ4v) is 2.04. The Morgan fingerprint density at radius 2 is 2.15 bits per heavy atom. The van der Waals surface area contributed by atoms with E-state index in [2.05, 4.69) is 10.1 Å². The van der Waals surface area contributed by atoms with Crippen LogP contribution in [0.2, 0.25) is 0 Å². The summed E-state index contributed by atoms with van der Waals surface area (Å²) < 4.78 is 11.9. The molecule has 6 heteroatoms. The van der Waals surface area contributed by atoms with Crippen molar-refractivity contribution < 1.29 is 14.3 Å². The molecular weight excluding hydrogens is 258 g/mol. The molecule has 1 aromatic carbocycles. The van der Waals surface area contributed by atoms with Crippen molar-refractivity contribution in [2.75, 3.05) is 14.2 Å². The van der Waals surface area contributed by atoms with Gasteiger partial charge in [-0.1, -0.05) is 0 Å². The van der Waals surface area contributed by atoms with Crippen LogP contribution in [-0.2, 0) is 4.74 Å². The molecule has 1 aromatic heterocycles. The summed E-state index contributed by atoms with van der Waals surface area (Å²) in [6, 6.07) is 5.54. The zero-order valence-electron chi connectivity index (χ0n) is 11.4. The lowest BCUT2D eigenvalue weighted by Gasteiger charge is -2.07. The number of esters is 1. The Morgan fingerprint density at radius 1 is 1.35 bits per heavy atom. The molecule has 0 spiro atoms. The largest absolute Gasteiger partial charge is 0.496 e. The second-order valence-electron chi connectivity index (χ2n) is 4.69. The first-order valence-electron chi connectivity index (χ1n) is 6.41. The predicted octanol–water partition coefficient (Wildman–Crippen LogP) is 2.08. The average molecular weight is 273 g/mol. The quantitative estimate of drug-likeness (QED) is 0.798. The summed E-state index contributed by atoms with van der Waals surface area (Å²) in [5.74, 6) is 0.793. The van der Waals surface area contributed by atoms with E-state index in [9.17, 15) is 4.79 Å². The monoisotopic (exact) mass is 273 g/mol. The van der Waals surface area contributed by atoms with E-state index in [-0.39, 0.29) is 0 Å². The maximum absolute atomic E-state index is 11.6. The number of carbonyl (C=O) groups excluding carboxylic acids is 1. The third kappa shape index (κ3) is 2.24. The Labute approximate surface area is 116 Å². The Bertz CT molecular complexity index is 647. The minimum Gasteiger partial charge on any atom is -0.496 e. The van der Waals surface area contributed by atoms with Crippen molar-refractivity contribution in [3.8, 4) is 17.1 Å². The first-order chi connectivity index (χ1) is 9.72. The number of nitrogens with zero attached hydrogens (tertiary/aromatic N) is 3. The van der Waals surface area contributed by atoms with Gasteiger partial charge in [-0.3, -0.25) is 0 Å². The van der Waals surface area contributed by atoms with Gasteiger partial charge in [0.25, 0.3) is 0 Å². The van der Waals surface area contributed by atoms with E-state index in [1.165, 1.54) is 7.11 Å². The van der Waals surface area contributed by atoms with E-state index in [0.717, 1.165) is 12.8 Å². The molecular formula is C14H15N3O3. The zero-order valence-corrected chi connectivity index (χ0v) is 11.4. The summed E-state index contributed by atoms with van der Waals surface area (Å²) in [6.07, 6.45) is 4.00. The number of methoxy groups -OCH3 is 2. The highest BCUT2D eigenvalue weighted by Crippen LogP contribution is 2.35. The van der Waals surface area contributed by atoms with Crippen LogP contribution in [0.3, 0.4) is 0 Å². The molecule has 6 nitrogen and oxygen atoms in total. The minimum atomic E-state index is -0.393. The molecule has 1 aliphatic rings. The van der Waals surface area contributed by atoms with Gasteiger partial charge in [-0.2, -0.15) is 5.10 Å². The highest BCUT2D eigenvalue weighted by Gasteiger charge is 2.25. The molecule has 20 heavy (non-hydrogen) atoms. The van der Waals surface area contributed by atoms with Crippen molar-refractivity contribution in [2.45, 2.75) is 18.9 Å². The van der Waals surface area contributed by atoms with Crippen LogP contribution < -0.4 is 4.74 Å². The SMILES string of the molecule is COC(=O)c1ccc(OC)c(-c2ncn(C3CC3)n2)c1. The molecule has 0 radical (unpaired) electrons. The second-order valence-corrected chi connectivity index (χ2v) is 4.69. The van der Waals surface area contributed by atoms with Gasteiger partial charge in [-0.15, -0.1) is 0 Å². The summed E-state index contributed by atoms with van der Waals surface area (Å²) in [4.78, 5) is 15.9. The van der Waals surface area contributed by atoms with E-state index in [4.69, 9.17) is 9.47 Å².